The molecule has 1 saturated heterocycles. The van der Waals surface area contributed by atoms with Crippen LogP contribution in [0.2, 0.25) is 5.02 Å². The first-order valence-electron chi connectivity index (χ1n) is 10.0. The summed E-state index contributed by atoms with van der Waals surface area (Å²) in [7, 11) is 2.21. The van der Waals surface area contributed by atoms with E-state index in [1.807, 2.05) is 30.3 Å². The first kappa shape index (κ1) is 19.3. The lowest BCUT2D eigenvalue weighted by Crippen LogP contribution is -2.36. The molecule has 2 aliphatic heterocycles. The van der Waals surface area contributed by atoms with Crippen LogP contribution in [-0.4, -0.2) is 25.0 Å². The molecule has 3 heteroatoms. The minimum atomic E-state index is 0.490. The van der Waals surface area contributed by atoms with Gasteiger partial charge in [0.15, 0.2) is 0 Å². The number of ether oxygens (including phenoxy) is 1. The van der Waals surface area contributed by atoms with E-state index in [-0.39, 0.29) is 0 Å². The summed E-state index contributed by atoms with van der Waals surface area (Å²) in [5.74, 6) is 2.84. The zero-order valence-corrected chi connectivity index (χ0v) is 17.9. The molecule has 0 bridgehead atoms. The van der Waals surface area contributed by atoms with Gasteiger partial charge in [0.25, 0.3) is 0 Å². The van der Waals surface area contributed by atoms with Crippen molar-refractivity contribution in [2.75, 3.05) is 20.1 Å². The average molecular weight is 394 g/mol. The van der Waals surface area contributed by atoms with E-state index in [9.17, 15) is 0 Å². The number of hydrogen-bond donors (Lipinski definition) is 0. The summed E-state index contributed by atoms with van der Waals surface area (Å²) in [5.41, 5.74) is 6.93. The van der Waals surface area contributed by atoms with Crippen LogP contribution < -0.4 is 4.74 Å². The molecule has 2 aromatic rings. The molecule has 0 radical (unpaired) electrons. The van der Waals surface area contributed by atoms with E-state index in [1.54, 1.807) is 0 Å². The fourth-order valence-electron chi connectivity index (χ4n) is 4.88. The molecule has 2 nitrogen and oxygen atoms in total. The van der Waals surface area contributed by atoms with Crippen molar-refractivity contribution in [1.29, 1.82) is 0 Å². The molecule has 4 rings (SSSR count). The van der Waals surface area contributed by atoms with E-state index in [2.05, 4.69) is 45.4 Å². The number of rotatable bonds is 2. The fraction of sp³-hybridized carbons (Fsp3) is 0.360. The summed E-state index contributed by atoms with van der Waals surface area (Å²) >= 11 is 6.47. The van der Waals surface area contributed by atoms with Crippen LogP contribution >= 0.6 is 11.6 Å². The number of benzene rings is 2. The average Bonchev–Trinajstić information content (AvgIpc) is 2.63. The van der Waals surface area contributed by atoms with Gasteiger partial charge in [0, 0.05) is 23.2 Å². The molecule has 0 aromatic heterocycles. The Hall–Kier alpha value is -2.03. The van der Waals surface area contributed by atoms with E-state index < -0.39 is 0 Å². The molecule has 0 amide bonds. The fourth-order valence-corrected chi connectivity index (χ4v) is 5.11. The van der Waals surface area contributed by atoms with Gasteiger partial charge in [0.2, 0.25) is 0 Å². The smallest absolute Gasteiger partial charge is 0.139 e. The van der Waals surface area contributed by atoms with Gasteiger partial charge in [-0.2, -0.15) is 0 Å². The van der Waals surface area contributed by atoms with Gasteiger partial charge >= 0.3 is 0 Å². The molecule has 0 spiro atoms. The van der Waals surface area contributed by atoms with Crippen LogP contribution in [0.4, 0.5) is 0 Å². The van der Waals surface area contributed by atoms with Gasteiger partial charge in [-0.05, 0) is 80.6 Å². The maximum Gasteiger partial charge on any atom is 0.139 e. The van der Waals surface area contributed by atoms with Crippen LogP contribution in [0.15, 0.2) is 43.0 Å². The van der Waals surface area contributed by atoms with Gasteiger partial charge in [-0.25, -0.2) is 0 Å². The summed E-state index contributed by atoms with van der Waals surface area (Å²) in [6.07, 6.45) is 3.17. The molecule has 28 heavy (non-hydrogen) atoms. The van der Waals surface area contributed by atoms with Crippen LogP contribution in [0.1, 0.15) is 47.1 Å². The molecule has 146 valence electrons. The third kappa shape index (κ3) is 3.29. The lowest BCUT2D eigenvalue weighted by Gasteiger charge is -2.38. The normalized spacial score (nSPS) is 22.5. The molecule has 1 fully saturated rings. The highest BCUT2D eigenvalue weighted by Crippen LogP contribution is 2.48. The number of nitrogens with zero attached hydrogens (tertiary/aromatic N) is 1. The van der Waals surface area contributed by atoms with Gasteiger partial charge in [0.05, 0.1) is 5.02 Å². The topological polar surface area (TPSA) is 12.5 Å². The molecule has 2 heterocycles. The minimum absolute atomic E-state index is 0.490. The van der Waals surface area contributed by atoms with Crippen molar-refractivity contribution < 1.29 is 4.74 Å². The van der Waals surface area contributed by atoms with Crippen molar-refractivity contribution in [3.05, 3.63) is 75.8 Å². The highest BCUT2D eigenvalue weighted by molar-refractivity contribution is 6.32. The Morgan fingerprint density at radius 2 is 1.93 bits per heavy atom. The Bertz CT molecular complexity index is 975. The molecule has 0 N–H and O–H groups in total. The number of hydrogen-bond acceptors (Lipinski definition) is 2. The van der Waals surface area contributed by atoms with Gasteiger partial charge in [0.1, 0.15) is 11.5 Å². The van der Waals surface area contributed by atoms with Crippen molar-refractivity contribution in [2.24, 2.45) is 5.92 Å². The predicted octanol–water partition coefficient (Wildman–Crippen LogP) is 6.46. The van der Waals surface area contributed by atoms with Gasteiger partial charge in [-0.15, -0.1) is 0 Å². The Morgan fingerprint density at radius 1 is 1.18 bits per heavy atom. The monoisotopic (exact) mass is 393 g/mol. The Kier molecular flexibility index (Phi) is 5.11. The molecular weight excluding hydrogens is 366 g/mol. The minimum Gasteiger partial charge on any atom is -0.456 e. The van der Waals surface area contributed by atoms with Crippen LogP contribution in [0, 0.1) is 19.8 Å². The molecule has 2 aliphatic rings. The van der Waals surface area contributed by atoms with E-state index in [4.69, 9.17) is 16.3 Å². The zero-order valence-electron chi connectivity index (χ0n) is 17.2. The third-order valence-corrected chi connectivity index (χ3v) is 6.51. The number of likely N-dealkylation sites (tertiary alicyclic amines) is 1. The number of halogens is 1. The molecule has 2 atom stereocenters. The van der Waals surface area contributed by atoms with Crippen LogP contribution in [0.3, 0.4) is 0 Å². The van der Waals surface area contributed by atoms with Crippen molar-refractivity contribution >= 4 is 22.9 Å². The Balaban J connectivity index is 1.84. The predicted molar refractivity (Wildman–Crippen MR) is 119 cm³/mol. The zero-order chi connectivity index (χ0) is 20.0. The highest BCUT2D eigenvalue weighted by Gasteiger charge is 2.33. The van der Waals surface area contributed by atoms with E-state index >= 15 is 0 Å². The summed E-state index contributed by atoms with van der Waals surface area (Å²) in [6.45, 7) is 13.3. The Morgan fingerprint density at radius 3 is 2.64 bits per heavy atom. The van der Waals surface area contributed by atoms with Gasteiger partial charge in [-0.3, -0.25) is 0 Å². The number of allylic oxidation sites excluding steroid dienone is 2. The Labute approximate surface area is 173 Å². The first-order valence-corrected chi connectivity index (χ1v) is 10.4. The molecule has 0 aliphatic carbocycles. The van der Waals surface area contributed by atoms with Crippen molar-refractivity contribution in [1.82, 2.24) is 4.90 Å². The standard InChI is InChI=1S/C25H28ClNO/c1-15-12-16(2)24(19-10-11-27(5)14-18(19)4)25-23(15)17(3)13-22(28-25)20-8-6-7-9-21(20)26/h6-9,12-13,18-19H,3,10-11,14H2,1-2,4-5H3/t18?,19-/m0/s1. The maximum absolute atomic E-state index is 6.59. The third-order valence-electron chi connectivity index (χ3n) is 6.18. The number of fused-ring (bicyclic) bond motifs is 1. The SMILES string of the molecule is C=C1C=C(c2ccccc2Cl)Oc2c1c(C)cc(C)c2[C@H]1CCN(C)CC1C. The van der Waals surface area contributed by atoms with Crippen LogP contribution in [0.25, 0.3) is 11.3 Å². The molecule has 0 saturated carbocycles. The number of piperidine rings is 1. The number of aryl methyl sites for hydroxylation is 2. The van der Waals surface area contributed by atoms with Crippen LogP contribution in [0.5, 0.6) is 5.75 Å². The second kappa shape index (κ2) is 7.42. The van der Waals surface area contributed by atoms with Crippen LogP contribution in [-0.2, 0) is 0 Å². The first-order chi connectivity index (χ1) is 13.4. The van der Waals surface area contributed by atoms with Crippen molar-refractivity contribution in [2.45, 2.75) is 33.1 Å². The summed E-state index contributed by atoms with van der Waals surface area (Å²) in [6, 6.07) is 10.1. The van der Waals surface area contributed by atoms with Crippen molar-refractivity contribution in [3.63, 3.8) is 0 Å². The molecule has 2 aromatic carbocycles. The summed E-state index contributed by atoms with van der Waals surface area (Å²) in [4.78, 5) is 2.42. The summed E-state index contributed by atoms with van der Waals surface area (Å²) < 4.78 is 6.59. The van der Waals surface area contributed by atoms with Crippen molar-refractivity contribution in [3.8, 4) is 5.75 Å². The molecule has 1 unspecified atom stereocenters. The van der Waals surface area contributed by atoms with E-state index in [1.165, 1.54) is 16.7 Å². The van der Waals surface area contributed by atoms with Gasteiger partial charge < -0.3 is 9.64 Å². The second-order valence-electron chi connectivity index (χ2n) is 8.38. The van der Waals surface area contributed by atoms with E-state index in [0.717, 1.165) is 47.7 Å². The highest BCUT2D eigenvalue weighted by atomic mass is 35.5. The lowest BCUT2D eigenvalue weighted by molar-refractivity contribution is 0.194. The summed E-state index contributed by atoms with van der Waals surface area (Å²) in [5, 5.41) is 0.698. The van der Waals surface area contributed by atoms with Gasteiger partial charge in [-0.1, -0.05) is 43.3 Å². The largest absolute Gasteiger partial charge is 0.456 e. The maximum atomic E-state index is 6.59. The lowest BCUT2D eigenvalue weighted by atomic mass is 9.77. The molecular formula is C25H28ClNO. The van der Waals surface area contributed by atoms with E-state index in [0.29, 0.717) is 16.9 Å². The second-order valence-corrected chi connectivity index (χ2v) is 8.79. The quantitative estimate of drug-likeness (QED) is 0.580.